The van der Waals surface area contributed by atoms with E-state index in [9.17, 15) is 13.7 Å². The zero-order valence-corrected chi connectivity index (χ0v) is 18.2. The fourth-order valence-electron chi connectivity index (χ4n) is 4.59. The molecular weight excluding hydrogens is 426 g/mol. The molecule has 0 amide bonds. The van der Waals surface area contributed by atoms with Gasteiger partial charge in [-0.3, -0.25) is 5.10 Å². The molecule has 4 aromatic rings. The molecule has 1 aliphatic heterocycles. The molecule has 162 valence electrons. The first-order valence-corrected chi connectivity index (χ1v) is 11.6. The zero-order valence-electron chi connectivity index (χ0n) is 17.4. The Kier molecular flexibility index (Phi) is 4.80. The summed E-state index contributed by atoms with van der Waals surface area (Å²) in [5, 5.41) is 25.7. The molecule has 32 heavy (non-hydrogen) atoms. The Hall–Kier alpha value is -3.55. The summed E-state index contributed by atoms with van der Waals surface area (Å²) < 4.78 is 28.0. The second-order valence-corrected chi connectivity index (χ2v) is 10.1. The van der Waals surface area contributed by atoms with Crippen LogP contribution in [0.2, 0.25) is 0 Å². The number of hydrogen-bond acceptors (Lipinski definition) is 6. The third-order valence-electron chi connectivity index (χ3n) is 6.16. The number of H-pyrrole nitrogens is 1. The second-order valence-electron chi connectivity index (χ2n) is 8.17. The lowest BCUT2D eigenvalue weighted by Crippen LogP contribution is -2.37. The lowest BCUT2D eigenvalue weighted by molar-refractivity contribution is 0.413. The van der Waals surface area contributed by atoms with E-state index in [-0.39, 0.29) is 11.6 Å². The summed E-state index contributed by atoms with van der Waals surface area (Å²) in [6.45, 7) is 0.582. The quantitative estimate of drug-likeness (QED) is 0.500. The van der Waals surface area contributed by atoms with Crippen molar-refractivity contribution in [1.29, 1.82) is 5.26 Å². The fourth-order valence-corrected chi connectivity index (χ4v) is 6.00. The maximum Gasteiger partial charge on any atom is 0.264 e. The van der Waals surface area contributed by atoms with Crippen molar-refractivity contribution in [3.63, 3.8) is 0 Å². The Bertz CT molecular complexity index is 1440. The van der Waals surface area contributed by atoms with Gasteiger partial charge in [-0.2, -0.15) is 24.6 Å². The molecule has 1 saturated heterocycles. The van der Waals surface area contributed by atoms with Gasteiger partial charge >= 0.3 is 0 Å². The van der Waals surface area contributed by atoms with Crippen LogP contribution in [0.5, 0.6) is 0 Å². The highest BCUT2D eigenvalue weighted by atomic mass is 32.2. The van der Waals surface area contributed by atoms with Crippen molar-refractivity contribution in [1.82, 2.24) is 29.5 Å². The van der Waals surface area contributed by atoms with Gasteiger partial charge in [-0.05, 0) is 36.1 Å². The Morgan fingerprint density at radius 3 is 2.75 bits per heavy atom. The van der Waals surface area contributed by atoms with Crippen LogP contribution in [0.15, 0.2) is 59.9 Å². The average Bonchev–Trinajstić information content (AvgIpc) is 3.53. The van der Waals surface area contributed by atoms with E-state index >= 15 is 0 Å². The first-order valence-electron chi connectivity index (χ1n) is 10.2. The molecule has 1 atom stereocenters. The number of nitriles is 1. The number of aromatic nitrogens is 5. The van der Waals surface area contributed by atoms with Crippen LogP contribution in [-0.2, 0) is 28.9 Å². The van der Waals surface area contributed by atoms with E-state index in [1.165, 1.54) is 15.3 Å². The SMILES string of the molecule is Cn1ncc(S(=O)(=O)N2CCC(Cc3ccccc3)(c3cc4cn[nH]c4cc3C#N)C2)n1. The normalized spacial score (nSPS) is 19.4. The molecule has 2 aromatic heterocycles. The van der Waals surface area contributed by atoms with E-state index in [0.717, 1.165) is 22.0 Å². The summed E-state index contributed by atoms with van der Waals surface area (Å²) in [5.74, 6) is 0. The second kappa shape index (κ2) is 7.55. The number of rotatable bonds is 5. The molecule has 1 N–H and O–H groups in total. The van der Waals surface area contributed by atoms with Crippen LogP contribution < -0.4 is 0 Å². The summed E-state index contributed by atoms with van der Waals surface area (Å²) in [6, 6.07) is 16.0. The number of hydrogen-bond donors (Lipinski definition) is 1. The minimum absolute atomic E-state index is 0.0682. The van der Waals surface area contributed by atoms with Gasteiger partial charge in [0, 0.05) is 30.9 Å². The van der Waals surface area contributed by atoms with Crippen LogP contribution in [0.3, 0.4) is 0 Å². The van der Waals surface area contributed by atoms with Gasteiger partial charge < -0.3 is 0 Å². The molecule has 0 radical (unpaired) electrons. The van der Waals surface area contributed by atoms with Crippen molar-refractivity contribution in [2.24, 2.45) is 7.05 Å². The first kappa shape index (κ1) is 20.4. The number of sulfonamides is 1. The predicted molar refractivity (Wildman–Crippen MR) is 117 cm³/mol. The first-order chi connectivity index (χ1) is 15.4. The maximum absolute atomic E-state index is 13.3. The van der Waals surface area contributed by atoms with Crippen LogP contribution in [0.4, 0.5) is 0 Å². The van der Waals surface area contributed by atoms with Crippen molar-refractivity contribution in [3.8, 4) is 6.07 Å². The summed E-state index contributed by atoms with van der Waals surface area (Å²) in [4.78, 5) is 1.24. The molecule has 1 unspecified atom stereocenters. The van der Waals surface area contributed by atoms with E-state index in [0.29, 0.717) is 24.9 Å². The maximum atomic E-state index is 13.3. The lowest BCUT2D eigenvalue weighted by Gasteiger charge is -2.31. The lowest BCUT2D eigenvalue weighted by atomic mass is 9.73. The molecule has 10 heteroatoms. The van der Waals surface area contributed by atoms with E-state index in [1.807, 2.05) is 36.4 Å². The highest BCUT2D eigenvalue weighted by Gasteiger charge is 2.46. The third kappa shape index (κ3) is 3.36. The number of benzene rings is 2. The molecule has 1 fully saturated rings. The molecule has 0 aliphatic carbocycles. The molecule has 2 aromatic carbocycles. The summed E-state index contributed by atoms with van der Waals surface area (Å²) in [7, 11) is -2.22. The molecular formula is C22H21N7O2S. The van der Waals surface area contributed by atoms with Crippen molar-refractivity contribution in [2.75, 3.05) is 13.1 Å². The Labute approximate surface area is 185 Å². The number of aromatic amines is 1. The number of aryl methyl sites for hydroxylation is 1. The Morgan fingerprint density at radius 2 is 2.03 bits per heavy atom. The van der Waals surface area contributed by atoms with Gasteiger partial charge in [-0.1, -0.05) is 30.3 Å². The van der Waals surface area contributed by atoms with Gasteiger partial charge in [0.1, 0.15) is 0 Å². The average molecular weight is 448 g/mol. The topological polar surface area (TPSA) is 121 Å². The van der Waals surface area contributed by atoms with Crippen molar-refractivity contribution in [3.05, 3.63) is 71.5 Å². The van der Waals surface area contributed by atoms with Gasteiger partial charge in [-0.25, -0.2) is 8.42 Å². The van der Waals surface area contributed by atoms with Crippen LogP contribution in [0.1, 0.15) is 23.1 Å². The van der Waals surface area contributed by atoms with Gasteiger partial charge in [0.25, 0.3) is 10.0 Å². The van der Waals surface area contributed by atoms with E-state index in [4.69, 9.17) is 0 Å². The molecule has 3 heterocycles. The monoisotopic (exact) mass is 447 g/mol. The summed E-state index contributed by atoms with van der Waals surface area (Å²) in [5.41, 5.74) is 2.67. The number of fused-ring (bicyclic) bond motifs is 1. The van der Waals surface area contributed by atoms with Crippen LogP contribution in [-0.4, -0.2) is 51.0 Å². The standard InChI is InChI=1S/C22H21N7O2S/c1-28-25-14-21(27-28)32(30,31)29-8-7-22(15-29,11-16-5-3-2-4-6-16)19-9-18-13-24-26-20(18)10-17(19)12-23/h2-6,9-10,13-14H,7-8,11,15H2,1H3,(H,24,26). The van der Waals surface area contributed by atoms with Crippen LogP contribution >= 0.6 is 0 Å². The number of nitrogens with one attached hydrogen (secondary N) is 1. The van der Waals surface area contributed by atoms with Gasteiger partial charge in [0.05, 0.1) is 29.5 Å². The van der Waals surface area contributed by atoms with E-state index in [1.54, 1.807) is 19.3 Å². The fraction of sp³-hybridized carbons (Fsp3) is 0.273. The van der Waals surface area contributed by atoms with Gasteiger partial charge in [0.15, 0.2) is 0 Å². The highest BCUT2D eigenvalue weighted by molar-refractivity contribution is 7.89. The largest absolute Gasteiger partial charge is 0.278 e. The van der Waals surface area contributed by atoms with Gasteiger partial charge in [0.2, 0.25) is 5.03 Å². The van der Waals surface area contributed by atoms with Crippen molar-refractivity contribution < 1.29 is 8.42 Å². The van der Waals surface area contributed by atoms with Crippen molar-refractivity contribution in [2.45, 2.75) is 23.3 Å². The van der Waals surface area contributed by atoms with Crippen molar-refractivity contribution >= 4 is 20.9 Å². The smallest absolute Gasteiger partial charge is 0.264 e. The van der Waals surface area contributed by atoms with Crippen LogP contribution in [0, 0.1) is 11.3 Å². The third-order valence-corrected chi connectivity index (χ3v) is 7.86. The molecule has 5 rings (SSSR count). The summed E-state index contributed by atoms with van der Waals surface area (Å²) in [6.07, 6.45) is 4.18. The molecule has 0 bridgehead atoms. The molecule has 0 spiro atoms. The predicted octanol–water partition coefficient (Wildman–Crippen LogP) is 2.14. The molecule has 1 aliphatic rings. The number of nitrogens with zero attached hydrogens (tertiary/aromatic N) is 6. The zero-order chi connectivity index (χ0) is 22.3. The van der Waals surface area contributed by atoms with E-state index < -0.39 is 15.4 Å². The molecule has 0 saturated carbocycles. The Balaban J connectivity index is 1.62. The molecule has 9 nitrogen and oxygen atoms in total. The van der Waals surface area contributed by atoms with E-state index in [2.05, 4.69) is 26.5 Å². The highest BCUT2D eigenvalue weighted by Crippen LogP contribution is 2.42. The Morgan fingerprint density at radius 1 is 1.22 bits per heavy atom. The minimum atomic E-state index is -3.80. The summed E-state index contributed by atoms with van der Waals surface area (Å²) >= 11 is 0. The minimum Gasteiger partial charge on any atom is -0.278 e. The van der Waals surface area contributed by atoms with Crippen LogP contribution in [0.25, 0.3) is 10.9 Å². The van der Waals surface area contributed by atoms with Gasteiger partial charge in [-0.15, -0.1) is 5.10 Å².